The first-order valence-corrected chi connectivity index (χ1v) is 5.39. The van der Waals surface area contributed by atoms with Gasteiger partial charge in [0.2, 0.25) is 5.91 Å². The number of nitrogens with one attached hydrogen (secondary N) is 2. The molecule has 0 bridgehead atoms. The molecule has 6 heteroatoms. The number of carbonyl (C=O) groups is 2. The molecule has 0 aromatic heterocycles. The van der Waals surface area contributed by atoms with Crippen LogP contribution in [-0.2, 0) is 14.3 Å². The Morgan fingerprint density at radius 2 is 2.17 bits per heavy atom. The van der Waals surface area contributed by atoms with Crippen molar-refractivity contribution in [2.75, 3.05) is 19.0 Å². The number of halogens is 1. The van der Waals surface area contributed by atoms with Gasteiger partial charge in [-0.2, -0.15) is 0 Å². The zero-order valence-corrected chi connectivity index (χ0v) is 10.2. The second-order valence-electron chi connectivity index (χ2n) is 3.68. The molecule has 0 aliphatic heterocycles. The molecule has 18 heavy (non-hydrogen) atoms. The Balaban J connectivity index is 2.41. The molecule has 0 radical (unpaired) electrons. The fraction of sp³-hybridized carbons (Fsp3) is 0.333. The van der Waals surface area contributed by atoms with Gasteiger partial charge in [-0.3, -0.25) is 14.9 Å². The van der Waals surface area contributed by atoms with Gasteiger partial charge in [-0.1, -0.05) is 6.07 Å². The molecule has 0 saturated carbocycles. The first kappa shape index (κ1) is 14.1. The third-order valence-corrected chi connectivity index (χ3v) is 2.23. The highest BCUT2D eigenvalue weighted by atomic mass is 19.1. The van der Waals surface area contributed by atoms with E-state index in [1.165, 1.54) is 25.3 Å². The maximum Gasteiger partial charge on any atom is 0.322 e. The zero-order chi connectivity index (χ0) is 13.5. The third-order valence-electron chi connectivity index (χ3n) is 2.23. The van der Waals surface area contributed by atoms with Crippen molar-refractivity contribution in [3.8, 4) is 0 Å². The van der Waals surface area contributed by atoms with Gasteiger partial charge in [0.25, 0.3) is 0 Å². The summed E-state index contributed by atoms with van der Waals surface area (Å²) in [4.78, 5) is 22.6. The van der Waals surface area contributed by atoms with Crippen molar-refractivity contribution in [2.45, 2.75) is 13.0 Å². The molecular weight excluding hydrogens is 239 g/mol. The van der Waals surface area contributed by atoms with Crippen LogP contribution in [0, 0.1) is 5.82 Å². The Morgan fingerprint density at radius 1 is 1.44 bits per heavy atom. The van der Waals surface area contributed by atoms with Crippen molar-refractivity contribution in [3.05, 3.63) is 30.1 Å². The van der Waals surface area contributed by atoms with Crippen LogP contribution in [0.15, 0.2) is 24.3 Å². The summed E-state index contributed by atoms with van der Waals surface area (Å²) in [7, 11) is 1.27. The zero-order valence-electron chi connectivity index (χ0n) is 10.2. The highest BCUT2D eigenvalue weighted by Gasteiger charge is 2.13. The van der Waals surface area contributed by atoms with E-state index >= 15 is 0 Å². The molecule has 0 aliphatic rings. The quantitative estimate of drug-likeness (QED) is 0.767. The van der Waals surface area contributed by atoms with Crippen LogP contribution in [0.4, 0.5) is 10.1 Å². The van der Waals surface area contributed by atoms with E-state index in [2.05, 4.69) is 15.4 Å². The van der Waals surface area contributed by atoms with Gasteiger partial charge in [0.1, 0.15) is 11.9 Å². The third kappa shape index (κ3) is 4.50. The van der Waals surface area contributed by atoms with E-state index in [4.69, 9.17) is 0 Å². The van der Waals surface area contributed by atoms with Gasteiger partial charge in [0.15, 0.2) is 0 Å². The van der Waals surface area contributed by atoms with Crippen LogP contribution in [0.1, 0.15) is 6.92 Å². The average Bonchev–Trinajstić information content (AvgIpc) is 2.35. The smallest absolute Gasteiger partial charge is 0.322 e. The minimum absolute atomic E-state index is 0.0627. The molecule has 98 valence electrons. The maximum absolute atomic E-state index is 12.9. The van der Waals surface area contributed by atoms with Crippen molar-refractivity contribution in [3.63, 3.8) is 0 Å². The highest BCUT2D eigenvalue weighted by molar-refractivity contribution is 5.92. The average molecular weight is 254 g/mol. The van der Waals surface area contributed by atoms with Gasteiger partial charge in [0, 0.05) is 5.69 Å². The normalized spacial score (nSPS) is 11.7. The number of rotatable bonds is 5. The predicted molar refractivity (Wildman–Crippen MR) is 64.5 cm³/mol. The number of hydrogen-bond donors (Lipinski definition) is 2. The number of anilines is 1. The standard InChI is InChI=1S/C12H15FN2O3/c1-8(12(17)18-2)14-7-11(16)15-10-5-3-4-9(13)6-10/h3-6,8,14H,7H2,1-2H3,(H,15,16). The van der Waals surface area contributed by atoms with Gasteiger partial charge < -0.3 is 10.1 Å². The molecule has 5 nitrogen and oxygen atoms in total. The Morgan fingerprint density at radius 3 is 2.78 bits per heavy atom. The SMILES string of the molecule is COC(=O)C(C)NCC(=O)Nc1cccc(F)c1. The molecule has 0 aliphatic carbocycles. The Bertz CT molecular complexity index is 437. The summed E-state index contributed by atoms with van der Waals surface area (Å²) in [6.45, 7) is 1.52. The maximum atomic E-state index is 12.9. The number of benzene rings is 1. The van der Waals surface area contributed by atoms with Crippen molar-refractivity contribution >= 4 is 17.6 Å². The van der Waals surface area contributed by atoms with Crippen LogP contribution in [0.2, 0.25) is 0 Å². The topological polar surface area (TPSA) is 67.4 Å². The number of esters is 1. The summed E-state index contributed by atoms with van der Waals surface area (Å²) in [5, 5.41) is 5.19. The van der Waals surface area contributed by atoms with E-state index in [0.29, 0.717) is 5.69 Å². The minimum atomic E-state index is -0.576. The van der Waals surface area contributed by atoms with Crippen LogP contribution in [0.25, 0.3) is 0 Å². The van der Waals surface area contributed by atoms with E-state index in [-0.39, 0.29) is 12.5 Å². The van der Waals surface area contributed by atoms with Crippen LogP contribution < -0.4 is 10.6 Å². The number of methoxy groups -OCH3 is 1. The molecule has 2 N–H and O–H groups in total. The van der Waals surface area contributed by atoms with Crippen molar-refractivity contribution in [1.29, 1.82) is 0 Å². The number of ether oxygens (including phenoxy) is 1. The van der Waals surface area contributed by atoms with Gasteiger partial charge in [-0.05, 0) is 25.1 Å². The Labute approximate surface area is 104 Å². The van der Waals surface area contributed by atoms with Crippen molar-refractivity contribution in [1.82, 2.24) is 5.32 Å². The lowest BCUT2D eigenvalue weighted by Crippen LogP contribution is -2.39. The van der Waals surface area contributed by atoms with Gasteiger partial charge in [-0.25, -0.2) is 4.39 Å². The summed E-state index contributed by atoms with van der Waals surface area (Å²) >= 11 is 0. The van der Waals surface area contributed by atoms with Gasteiger partial charge in [-0.15, -0.1) is 0 Å². The molecule has 1 aromatic carbocycles. The second-order valence-corrected chi connectivity index (χ2v) is 3.68. The lowest BCUT2D eigenvalue weighted by molar-refractivity contribution is -0.142. The second kappa shape index (κ2) is 6.70. The molecule has 1 amide bonds. The molecule has 0 spiro atoms. The molecule has 0 heterocycles. The summed E-state index contributed by atoms with van der Waals surface area (Å²) in [6.07, 6.45) is 0. The van der Waals surface area contributed by atoms with Crippen LogP contribution in [0.3, 0.4) is 0 Å². The fourth-order valence-corrected chi connectivity index (χ4v) is 1.28. The number of carbonyl (C=O) groups excluding carboxylic acids is 2. The van der Waals surface area contributed by atoms with Gasteiger partial charge in [0.05, 0.1) is 13.7 Å². The van der Waals surface area contributed by atoms with Crippen LogP contribution in [0.5, 0.6) is 0 Å². The lowest BCUT2D eigenvalue weighted by atomic mass is 10.3. The monoisotopic (exact) mass is 254 g/mol. The molecule has 1 atom stereocenters. The Hall–Kier alpha value is -1.95. The lowest BCUT2D eigenvalue weighted by Gasteiger charge is -2.11. The predicted octanol–water partition coefficient (Wildman–Crippen LogP) is 0.915. The van der Waals surface area contributed by atoms with E-state index in [1.54, 1.807) is 13.0 Å². The number of hydrogen-bond acceptors (Lipinski definition) is 4. The van der Waals surface area contributed by atoms with Crippen molar-refractivity contribution < 1.29 is 18.7 Å². The van der Waals surface area contributed by atoms with E-state index in [1.807, 2.05) is 0 Å². The first-order chi connectivity index (χ1) is 8.52. The fourth-order valence-electron chi connectivity index (χ4n) is 1.28. The molecule has 0 saturated heterocycles. The minimum Gasteiger partial charge on any atom is -0.468 e. The molecule has 1 rings (SSSR count). The molecule has 0 fully saturated rings. The highest BCUT2D eigenvalue weighted by Crippen LogP contribution is 2.08. The first-order valence-electron chi connectivity index (χ1n) is 5.39. The van der Waals surface area contributed by atoms with Crippen LogP contribution >= 0.6 is 0 Å². The van der Waals surface area contributed by atoms with Gasteiger partial charge >= 0.3 is 5.97 Å². The molecule has 1 aromatic rings. The van der Waals surface area contributed by atoms with Crippen molar-refractivity contribution in [2.24, 2.45) is 0 Å². The summed E-state index contributed by atoms with van der Waals surface area (Å²) in [5.74, 6) is -1.24. The summed E-state index contributed by atoms with van der Waals surface area (Å²) in [6, 6.07) is 4.99. The van der Waals surface area contributed by atoms with E-state index in [9.17, 15) is 14.0 Å². The van der Waals surface area contributed by atoms with Crippen LogP contribution in [-0.4, -0.2) is 31.6 Å². The van der Waals surface area contributed by atoms with E-state index < -0.39 is 17.8 Å². The molecule has 1 unspecified atom stereocenters. The van der Waals surface area contributed by atoms with E-state index in [0.717, 1.165) is 0 Å². The summed E-state index contributed by atoms with van der Waals surface area (Å²) < 4.78 is 17.4. The summed E-state index contributed by atoms with van der Waals surface area (Å²) in [5.41, 5.74) is 0.368. The largest absolute Gasteiger partial charge is 0.468 e. The number of amides is 1. The Kier molecular flexibility index (Phi) is 5.26. The molecular formula is C12H15FN2O3.